The number of nitrogens with zero attached hydrogens (tertiary/aromatic N) is 1. The first-order valence-electron chi connectivity index (χ1n) is 9.16. The molecule has 2 aromatic rings. The highest BCUT2D eigenvalue weighted by Gasteiger charge is 2.47. The Balaban J connectivity index is 1.77. The van der Waals surface area contributed by atoms with Crippen molar-refractivity contribution in [1.82, 2.24) is 4.90 Å². The molecular formula is C21H21Cl2FN2O2. The largest absolute Gasteiger partial charge is 0.333 e. The minimum Gasteiger partial charge on any atom is -0.333 e. The summed E-state index contributed by atoms with van der Waals surface area (Å²) < 4.78 is 13.7. The van der Waals surface area contributed by atoms with Crippen LogP contribution >= 0.6 is 23.2 Å². The van der Waals surface area contributed by atoms with Crippen molar-refractivity contribution in [3.63, 3.8) is 0 Å². The number of rotatable bonds is 6. The summed E-state index contributed by atoms with van der Waals surface area (Å²) in [6.45, 7) is 2.04. The Labute approximate surface area is 173 Å². The van der Waals surface area contributed by atoms with Crippen molar-refractivity contribution in [2.24, 2.45) is 0 Å². The summed E-state index contributed by atoms with van der Waals surface area (Å²) in [7, 11) is 0. The van der Waals surface area contributed by atoms with E-state index in [2.05, 4.69) is 5.32 Å². The van der Waals surface area contributed by atoms with E-state index < -0.39 is 5.41 Å². The van der Waals surface area contributed by atoms with Gasteiger partial charge in [0.25, 0.3) is 0 Å². The zero-order valence-corrected chi connectivity index (χ0v) is 17.0. The molecule has 1 fully saturated rings. The van der Waals surface area contributed by atoms with Gasteiger partial charge < -0.3 is 10.2 Å². The second-order valence-corrected chi connectivity index (χ2v) is 7.72. The number of hydrogen-bond donors (Lipinski definition) is 1. The Kier molecular flexibility index (Phi) is 6.26. The molecular weight excluding hydrogens is 402 g/mol. The molecule has 28 heavy (non-hydrogen) atoms. The predicted molar refractivity (Wildman–Crippen MR) is 109 cm³/mol. The molecule has 1 N–H and O–H groups in total. The number of carbonyl (C=O) groups is 2. The number of benzene rings is 2. The quantitative estimate of drug-likeness (QED) is 0.708. The molecule has 0 bridgehead atoms. The highest BCUT2D eigenvalue weighted by Crippen LogP contribution is 2.45. The smallest absolute Gasteiger partial charge is 0.244 e. The van der Waals surface area contributed by atoms with Gasteiger partial charge in [0.2, 0.25) is 11.8 Å². The molecule has 0 radical (unpaired) electrons. The molecule has 2 amide bonds. The number of nitrogens with one attached hydrogen (secondary N) is 1. The van der Waals surface area contributed by atoms with Crippen molar-refractivity contribution in [2.75, 3.05) is 18.4 Å². The number of likely N-dealkylation sites (N-methyl/N-ethyl adjacent to an activating group) is 1. The maximum atomic E-state index is 13.7. The summed E-state index contributed by atoms with van der Waals surface area (Å²) in [6.07, 6.45) is 2.18. The molecule has 0 aliphatic heterocycles. The second-order valence-electron chi connectivity index (χ2n) is 6.91. The molecule has 4 nitrogen and oxygen atoms in total. The van der Waals surface area contributed by atoms with E-state index in [9.17, 15) is 14.0 Å². The first kappa shape index (κ1) is 20.6. The topological polar surface area (TPSA) is 49.4 Å². The van der Waals surface area contributed by atoms with E-state index in [1.165, 1.54) is 17.0 Å². The number of halogens is 3. The molecule has 0 saturated heterocycles. The van der Waals surface area contributed by atoms with Crippen LogP contribution in [0.1, 0.15) is 31.7 Å². The van der Waals surface area contributed by atoms with Gasteiger partial charge in [-0.3, -0.25) is 9.59 Å². The molecule has 1 aliphatic rings. The predicted octanol–water partition coefficient (Wildman–Crippen LogP) is 5.04. The highest BCUT2D eigenvalue weighted by molar-refractivity contribution is 6.39. The van der Waals surface area contributed by atoms with Crippen LogP contribution in [0.15, 0.2) is 42.5 Å². The van der Waals surface area contributed by atoms with Crippen LogP contribution in [-0.2, 0) is 15.0 Å². The summed E-state index contributed by atoms with van der Waals surface area (Å²) in [5.74, 6) is -0.920. The minimum atomic E-state index is -0.763. The SMILES string of the molecule is CCN(CC(=O)Nc1c(Cl)cccc1Cl)C(=O)C1(c2cccc(F)c2)CCC1. The van der Waals surface area contributed by atoms with Crippen LogP contribution in [0.2, 0.25) is 10.0 Å². The summed E-state index contributed by atoms with van der Waals surface area (Å²) in [5.41, 5.74) is 0.222. The summed E-state index contributed by atoms with van der Waals surface area (Å²) in [4.78, 5) is 27.3. The third-order valence-electron chi connectivity index (χ3n) is 5.22. The van der Waals surface area contributed by atoms with Crippen molar-refractivity contribution < 1.29 is 14.0 Å². The zero-order chi connectivity index (χ0) is 20.3. The van der Waals surface area contributed by atoms with Crippen LogP contribution in [0.25, 0.3) is 0 Å². The van der Waals surface area contributed by atoms with E-state index in [4.69, 9.17) is 23.2 Å². The van der Waals surface area contributed by atoms with Crippen molar-refractivity contribution in [3.8, 4) is 0 Å². The van der Waals surface area contributed by atoms with Crippen LogP contribution < -0.4 is 5.32 Å². The molecule has 0 aromatic heterocycles. The summed E-state index contributed by atoms with van der Waals surface area (Å²) >= 11 is 12.2. The molecule has 1 aliphatic carbocycles. The maximum Gasteiger partial charge on any atom is 0.244 e. The van der Waals surface area contributed by atoms with Gasteiger partial charge in [-0.25, -0.2) is 4.39 Å². The number of para-hydroxylation sites is 1. The van der Waals surface area contributed by atoms with Crippen molar-refractivity contribution in [3.05, 3.63) is 63.9 Å². The van der Waals surface area contributed by atoms with E-state index in [0.717, 1.165) is 6.42 Å². The van der Waals surface area contributed by atoms with Gasteiger partial charge in [-0.05, 0) is 49.6 Å². The van der Waals surface area contributed by atoms with Gasteiger partial charge in [0.1, 0.15) is 5.82 Å². The molecule has 1 saturated carbocycles. The zero-order valence-electron chi connectivity index (χ0n) is 15.5. The maximum absolute atomic E-state index is 13.7. The Morgan fingerprint density at radius 1 is 1.14 bits per heavy atom. The number of carbonyl (C=O) groups excluding carboxylic acids is 2. The van der Waals surface area contributed by atoms with E-state index in [0.29, 0.717) is 40.7 Å². The normalized spacial score (nSPS) is 14.9. The Morgan fingerprint density at radius 2 is 1.79 bits per heavy atom. The summed E-state index contributed by atoms with van der Waals surface area (Å²) in [5, 5.41) is 3.33. The van der Waals surface area contributed by atoms with E-state index >= 15 is 0 Å². The fourth-order valence-corrected chi connectivity index (χ4v) is 4.03. The number of anilines is 1. The average Bonchev–Trinajstić information content (AvgIpc) is 2.62. The molecule has 0 atom stereocenters. The molecule has 0 heterocycles. The third-order valence-corrected chi connectivity index (χ3v) is 5.85. The molecule has 2 aromatic carbocycles. The highest BCUT2D eigenvalue weighted by atomic mass is 35.5. The van der Waals surface area contributed by atoms with Crippen LogP contribution in [0, 0.1) is 5.82 Å². The molecule has 0 unspecified atom stereocenters. The van der Waals surface area contributed by atoms with Gasteiger partial charge in [0.15, 0.2) is 0 Å². The lowest BCUT2D eigenvalue weighted by Crippen LogP contribution is -2.52. The molecule has 0 spiro atoms. The molecule has 3 rings (SSSR count). The lowest BCUT2D eigenvalue weighted by atomic mass is 9.63. The first-order valence-corrected chi connectivity index (χ1v) is 9.92. The van der Waals surface area contributed by atoms with E-state index in [-0.39, 0.29) is 24.2 Å². The van der Waals surface area contributed by atoms with Gasteiger partial charge in [0.05, 0.1) is 27.7 Å². The van der Waals surface area contributed by atoms with Crippen molar-refractivity contribution in [1.29, 1.82) is 0 Å². The lowest BCUT2D eigenvalue weighted by Gasteiger charge is -2.43. The van der Waals surface area contributed by atoms with Gasteiger partial charge in [0, 0.05) is 6.54 Å². The number of amides is 2. The van der Waals surface area contributed by atoms with Gasteiger partial charge in [-0.1, -0.05) is 47.8 Å². The van der Waals surface area contributed by atoms with Crippen LogP contribution in [0.3, 0.4) is 0 Å². The van der Waals surface area contributed by atoms with Crippen molar-refractivity contribution >= 4 is 40.7 Å². The Morgan fingerprint density at radius 3 is 2.32 bits per heavy atom. The molecule has 7 heteroatoms. The van der Waals surface area contributed by atoms with E-state index in [1.807, 2.05) is 6.92 Å². The Bertz CT molecular complexity index is 879. The standard InChI is InChI=1S/C21H21Cl2FN2O2/c1-2-26(13-18(27)25-19-16(22)8-4-9-17(19)23)20(28)21(10-5-11-21)14-6-3-7-15(24)12-14/h3-4,6-9,12H,2,5,10-11,13H2,1H3,(H,25,27). The van der Waals surface area contributed by atoms with Gasteiger partial charge in [-0.2, -0.15) is 0 Å². The Hall–Kier alpha value is -2.11. The minimum absolute atomic E-state index is 0.131. The van der Waals surface area contributed by atoms with Gasteiger partial charge in [-0.15, -0.1) is 0 Å². The summed E-state index contributed by atoms with van der Waals surface area (Å²) in [6, 6.07) is 11.1. The van der Waals surface area contributed by atoms with E-state index in [1.54, 1.807) is 30.3 Å². The van der Waals surface area contributed by atoms with Crippen molar-refractivity contribution in [2.45, 2.75) is 31.6 Å². The molecule has 148 valence electrons. The second kappa shape index (κ2) is 8.50. The lowest BCUT2D eigenvalue weighted by molar-refractivity contribution is -0.143. The third kappa shape index (κ3) is 4.01. The number of hydrogen-bond acceptors (Lipinski definition) is 2. The average molecular weight is 423 g/mol. The van der Waals surface area contributed by atoms with Crippen LogP contribution in [0.5, 0.6) is 0 Å². The van der Waals surface area contributed by atoms with Crippen LogP contribution in [0.4, 0.5) is 10.1 Å². The monoisotopic (exact) mass is 422 g/mol. The first-order chi connectivity index (χ1) is 13.4. The fraction of sp³-hybridized carbons (Fsp3) is 0.333. The van der Waals surface area contributed by atoms with Crippen LogP contribution in [-0.4, -0.2) is 29.8 Å². The fourth-order valence-electron chi connectivity index (χ4n) is 3.54. The van der Waals surface area contributed by atoms with Gasteiger partial charge >= 0.3 is 0 Å².